The van der Waals surface area contributed by atoms with Gasteiger partial charge in [0.2, 0.25) is 0 Å². The third kappa shape index (κ3) is 5.75. The number of anilines is 1. The summed E-state index contributed by atoms with van der Waals surface area (Å²) >= 11 is 0. The molecule has 24 heavy (non-hydrogen) atoms. The monoisotopic (exact) mass is 329 g/mol. The molecule has 0 aliphatic rings. The molecule has 1 aromatic heterocycles. The standard InChI is InChI=1S/C17H23N5O2/c1-13(2)20-17(24)21-15-6-3-5-14(11-15)16(23)19-7-4-9-22-10-8-18-12-22/h3,5-6,8,10-13H,4,7,9H2,1-2H3,(H,19,23)(H2,20,21,24). The molecule has 7 heteroatoms. The molecule has 1 heterocycles. The average Bonchev–Trinajstić information content (AvgIpc) is 3.04. The van der Waals surface area contributed by atoms with Gasteiger partial charge in [-0.2, -0.15) is 0 Å². The van der Waals surface area contributed by atoms with Crippen molar-refractivity contribution < 1.29 is 9.59 Å². The summed E-state index contributed by atoms with van der Waals surface area (Å²) in [6, 6.07) is 6.62. The number of carbonyl (C=O) groups excluding carboxylic acids is 2. The van der Waals surface area contributed by atoms with E-state index in [0.717, 1.165) is 13.0 Å². The number of aromatic nitrogens is 2. The lowest BCUT2D eigenvalue weighted by molar-refractivity contribution is 0.0952. The molecule has 0 saturated carbocycles. The topological polar surface area (TPSA) is 88.0 Å². The number of urea groups is 1. The average molecular weight is 329 g/mol. The Balaban J connectivity index is 1.81. The van der Waals surface area contributed by atoms with Crippen molar-refractivity contribution in [3.63, 3.8) is 0 Å². The van der Waals surface area contributed by atoms with Crippen molar-refractivity contribution in [3.8, 4) is 0 Å². The van der Waals surface area contributed by atoms with E-state index in [4.69, 9.17) is 0 Å². The maximum atomic E-state index is 12.2. The van der Waals surface area contributed by atoms with Crippen LogP contribution in [0.2, 0.25) is 0 Å². The summed E-state index contributed by atoms with van der Waals surface area (Å²) < 4.78 is 1.96. The van der Waals surface area contributed by atoms with Gasteiger partial charge in [-0.15, -0.1) is 0 Å². The van der Waals surface area contributed by atoms with Crippen LogP contribution in [-0.4, -0.2) is 34.1 Å². The van der Waals surface area contributed by atoms with E-state index in [1.54, 1.807) is 36.8 Å². The Hall–Kier alpha value is -2.83. The number of aryl methyl sites for hydroxylation is 1. The molecule has 2 rings (SSSR count). The maximum Gasteiger partial charge on any atom is 0.319 e. The van der Waals surface area contributed by atoms with E-state index in [1.807, 2.05) is 24.6 Å². The fraction of sp³-hybridized carbons (Fsp3) is 0.353. The zero-order chi connectivity index (χ0) is 17.4. The number of imidazole rings is 1. The van der Waals surface area contributed by atoms with E-state index in [0.29, 0.717) is 17.8 Å². The summed E-state index contributed by atoms with van der Waals surface area (Å²) in [5, 5.41) is 8.32. The minimum atomic E-state index is -0.289. The number of rotatable bonds is 7. The van der Waals surface area contributed by atoms with Crippen molar-refractivity contribution in [3.05, 3.63) is 48.5 Å². The van der Waals surface area contributed by atoms with Crippen molar-refractivity contribution >= 4 is 17.6 Å². The lowest BCUT2D eigenvalue weighted by atomic mass is 10.2. The molecule has 2 aromatic rings. The van der Waals surface area contributed by atoms with Gasteiger partial charge in [0.25, 0.3) is 5.91 Å². The third-order valence-electron chi connectivity index (χ3n) is 3.24. The summed E-state index contributed by atoms with van der Waals surface area (Å²) in [5.74, 6) is -0.159. The number of hydrogen-bond acceptors (Lipinski definition) is 3. The molecule has 128 valence electrons. The van der Waals surface area contributed by atoms with Crippen LogP contribution in [0.5, 0.6) is 0 Å². The van der Waals surface area contributed by atoms with E-state index in [2.05, 4.69) is 20.9 Å². The van der Waals surface area contributed by atoms with Gasteiger partial charge in [-0.25, -0.2) is 9.78 Å². The van der Waals surface area contributed by atoms with Crippen molar-refractivity contribution in [1.82, 2.24) is 20.2 Å². The van der Waals surface area contributed by atoms with E-state index >= 15 is 0 Å². The molecule has 3 amide bonds. The summed E-state index contributed by atoms with van der Waals surface area (Å²) in [6.07, 6.45) is 6.18. The van der Waals surface area contributed by atoms with Crippen LogP contribution in [0.1, 0.15) is 30.6 Å². The first-order valence-corrected chi connectivity index (χ1v) is 7.96. The second-order valence-electron chi connectivity index (χ2n) is 5.74. The Morgan fingerprint density at radius 1 is 1.29 bits per heavy atom. The highest BCUT2D eigenvalue weighted by Crippen LogP contribution is 2.10. The molecule has 0 aliphatic heterocycles. The molecule has 0 saturated heterocycles. The van der Waals surface area contributed by atoms with Gasteiger partial charge >= 0.3 is 6.03 Å². The van der Waals surface area contributed by atoms with Crippen molar-refractivity contribution in [2.24, 2.45) is 0 Å². The summed E-state index contributed by atoms with van der Waals surface area (Å²) in [5.41, 5.74) is 1.10. The molecule has 3 N–H and O–H groups in total. The van der Waals surface area contributed by atoms with Crippen LogP contribution in [0.3, 0.4) is 0 Å². The second kappa shape index (κ2) is 8.71. The minimum absolute atomic E-state index is 0.0481. The highest BCUT2D eigenvalue weighted by atomic mass is 16.2. The number of hydrogen-bond donors (Lipinski definition) is 3. The van der Waals surface area contributed by atoms with Crippen LogP contribution in [0, 0.1) is 0 Å². The fourth-order valence-corrected chi connectivity index (χ4v) is 2.15. The Bertz CT molecular complexity index is 667. The predicted octanol–water partition coefficient (Wildman–Crippen LogP) is 2.23. The van der Waals surface area contributed by atoms with E-state index < -0.39 is 0 Å². The van der Waals surface area contributed by atoms with Gasteiger partial charge in [-0.1, -0.05) is 6.07 Å². The molecular formula is C17H23N5O2. The van der Waals surface area contributed by atoms with E-state index in [-0.39, 0.29) is 18.0 Å². The van der Waals surface area contributed by atoms with Gasteiger partial charge in [0.1, 0.15) is 0 Å². The van der Waals surface area contributed by atoms with Gasteiger partial charge in [0.15, 0.2) is 0 Å². The minimum Gasteiger partial charge on any atom is -0.352 e. The summed E-state index contributed by atoms with van der Waals surface area (Å²) in [7, 11) is 0. The van der Waals surface area contributed by atoms with Crippen LogP contribution in [-0.2, 0) is 6.54 Å². The molecule has 0 atom stereocenters. The first-order valence-electron chi connectivity index (χ1n) is 7.96. The number of nitrogens with zero attached hydrogens (tertiary/aromatic N) is 2. The quantitative estimate of drug-likeness (QED) is 0.681. The number of amides is 3. The largest absolute Gasteiger partial charge is 0.352 e. The summed E-state index contributed by atoms with van der Waals surface area (Å²) in [6.45, 7) is 5.14. The van der Waals surface area contributed by atoms with Crippen LogP contribution < -0.4 is 16.0 Å². The number of benzene rings is 1. The van der Waals surface area contributed by atoms with E-state index in [9.17, 15) is 9.59 Å². The number of nitrogens with one attached hydrogen (secondary N) is 3. The molecular weight excluding hydrogens is 306 g/mol. The SMILES string of the molecule is CC(C)NC(=O)Nc1cccc(C(=O)NCCCn2ccnc2)c1. The first kappa shape index (κ1) is 17.5. The number of carbonyl (C=O) groups is 2. The molecule has 0 spiro atoms. The Labute approximate surface area is 141 Å². The lowest BCUT2D eigenvalue weighted by Crippen LogP contribution is -2.34. The Morgan fingerprint density at radius 2 is 2.12 bits per heavy atom. The normalized spacial score (nSPS) is 10.5. The maximum absolute atomic E-state index is 12.2. The smallest absolute Gasteiger partial charge is 0.319 e. The van der Waals surface area contributed by atoms with Crippen LogP contribution >= 0.6 is 0 Å². The van der Waals surface area contributed by atoms with Crippen LogP contribution in [0.15, 0.2) is 43.0 Å². The van der Waals surface area contributed by atoms with Gasteiger partial charge in [0, 0.05) is 42.8 Å². The molecule has 1 aromatic carbocycles. The molecule has 0 bridgehead atoms. The fourth-order valence-electron chi connectivity index (χ4n) is 2.15. The highest BCUT2D eigenvalue weighted by Gasteiger charge is 2.08. The van der Waals surface area contributed by atoms with Gasteiger partial charge < -0.3 is 20.5 Å². The lowest BCUT2D eigenvalue weighted by Gasteiger charge is -2.11. The van der Waals surface area contributed by atoms with Crippen LogP contribution in [0.25, 0.3) is 0 Å². The second-order valence-corrected chi connectivity index (χ2v) is 5.74. The molecule has 0 aliphatic carbocycles. The van der Waals surface area contributed by atoms with Crippen molar-refractivity contribution in [2.75, 3.05) is 11.9 Å². The predicted molar refractivity (Wildman–Crippen MR) is 92.9 cm³/mol. The zero-order valence-corrected chi connectivity index (χ0v) is 14.0. The third-order valence-corrected chi connectivity index (χ3v) is 3.24. The van der Waals surface area contributed by atoms with Crippen LogP contribution in [0.4, 0.5) is 10.5 Å². The Kier molecular flexibility index (Phi) is 6.36. The zero-order valence-electron chi connectivity index (χ0n) is 14.0. The van der Waals surface area contributed by atoms with Crippen molar-refractivity contribution in [1.29, 1.82) is 0 Å². The van der Waals surface area contributed by atoms with Gasteiger partial charge in [-0.05, 0) is 38.5 Å². The summed E-state index contributed by atoms with van der Waals surface area (Å²) in [4.78, 5) is 27.8. The van der Waals surface area contributed by atoms with Crippen molar-refractivity contribution in [2.45, 2.75) is 32.9 Å². The van der Waals surface area contributed by atoms with Gasteiger partial charge in [-0.3, -0.25) is 4.79 Å². The van der Waals surface area contributed by atoms with E-state index in [1.165, 1.54) is 0 Å². The van der Waals surface area contributed by atoms with Gasteiger partial charge in [0.05, 0.1) is 6.33 Å². The highest BCUT2D eigenvalue weighted by molar-refractivity contribution is 5.96. The Morgan fingerprint density at radius 3 is 2.83 bits per heavy atom. The molecule has 0 unspecified atom stereocenters. The first-order chi connectivity index (χ1) is 11.5. The molecule has 0 radical (unpaired) electrons. The molecule has 7 nitrogen and oxygen atoms in total. The molecule has 0 fully saturated rings.